The van der Waals surface area contributed by atoms with Gasteiger partial charge in [-0.3, -0.25) is 53.0 Å². The molecule has 0 aromatic rings. The molecule has 2 aliphatic heterocycles. The lowest BCUT2D eigenvalue weighted by molar-refractivity contribution is -0.139. The Bertz CT molecular complexity index is 1500. The van der Waals surface area contributed by atoms with Crippen LogP contribution in [0.3, 0.4) is 0 Å². The molecule has 2 heterocycles. The Kier molecular flexibility index (Phi) is 24.1. The number of hydrogen-bond acceptors (Lipinski definition) is 14. The Morgan fingerprint density at radius 1 is 0.525 bits per heavy atom. The molecule has 2 aliphatic rings. The molecule has 2 rings (SSSR count). The smallest absolute Gasteiger partial charge is 0.407 e. The van der Waals surface area contributed by atoms with Crippen molar-refractivity contribution in [3.8, 4) is 0 Å². The van der Waals surface area contributed by atoms with E-state index in [9.17, 15) is 52.7 Å². The third-order valence-corrected chi connectivity index (χ3v) is 8.58. The fourth-order valence-corrected chi connectivity index (χ4v) is 5.53. The van der Waals surface area contributed by atoms with Crippen molar-refractivity contribution in [2.75, 3.05) is 72.2 Å². The fourth-order valence-electron chi connectivity index (χ4n) is 5.53. The third kappa shape index (κ3) is 22.0. The van der Waals surface area contributed by atoms with Gasteiger partial charge in [-0.05, 0) is 20.3 Å². The summed E-state index contributed by atoms with van der Waals surface area (Å²) in [7, 11) is 0. The highest BCUT2D eigenvalue weighted by Gasteiger charge is 2.25. The first-order chi connectivity index (χ1) is 29.2. The van der Waals surface area contributed by atoms with Gasteiger partial charge in [-0.15, -0.1) is 0 Å². The number of amides is 11. The molecule has 0 spiro atoms. The minimum Gasteiger partial charge on any atom is -0.449 e. The maximum absolute atomic E-state index is 13.0. The van der Waals surface area contributed by atoms with Crippen molar-refractivity contribution in [2.45, 2.75) is 77.4 Å². The molecule has 0 aliphatic carbocycles. The number of rotatable bonds is 30. The predicted octanol–water partition coefficient (Wildman–Crippen LogP) is -2.22. The van der Waals surface area contributed by atoms with Crippen molar-refractivity contribution in [3.05, 3.63) is 24.3 Å². The van der Waals surface area contributed by atoms with E-state index in [1.54, 1.807) is 13.8 Å². The minimum absolute atomic E-state index is 0.00199. The Balaban J connectivity index is 1.86. The highest BCUT2D eigenvalue weighted by Crippen LogP contribution is 2.09. The van der Waals surface area contributed by atoms with Gasteiger partial charge in [-0.1, -0.05) is 0 Å². The lowest BCUT2D eigenvalue weighted by Crippen LogP contribution is -2.44. The van der Waals surface area contributed by atoms with E-state index >= 15 is 0 Å². The summed E-state index contributed by atoms with van der Waals surface area (Å²) in [6, 6.07) is -0.962. The summed E-state index contributed by atoms with van der Waals surface area (Å²) in [6.45, 7) is 4.26. The molecule has 0 fully saturated rings. The first kappa shape index (κ1) is 50.8. The molecule has 61 heavy (non-hydrogen) atoms. The van der Waals surface area contributed by atoms with Crippen LogP contribution in [-0.4, -0.2) is 159 Å². The summed E-state index contributed by atoms with van der Waals surface area (Å²) >= 11 is 0. The van der Waals surface area contributed by atoms with Gasteiger partial charge in [0.25, 0.3) is 23.6 Å². The van der Waals surface area contributed by atoms with E-state index in [-0.39, 0.29) is 97.6 Å². The molecule has 0 aromatic heterocycles. The van der Waals surface area contributed by atoms with Gasteiger partial charge in [0.2, 0.25) is 29.5 Å². The number of ether oxygens (including phenoxy) is 3. The third-order valence-electron chi connectivity index (χ3n) is 8.58. The maximum Gasteiger partial charge on any atom is 0.407 e. The average Bonchev–Trinajstić information content (AvgIpc) is 3.71. The summed E-state index contributed by atoms with van der Waals surface area (Å²) in [6.07, 6.45) is 2.66. The van der Waals surface area contributed by atoms with Gasteiger partial charge in [0.05, 0.1) is 19.3 Å². The van der Waals surface area contributed by atoms with E-state index in [4.69, 9.17) is 14.2 Å². The zero-order chi connectivity index (χ0) is 45.0. The molecule has 7 N–H and O–H groups in total. The van der Waals surface area contributed by atoms with Gasteiger partial charge in [-0.25, -0.2) is 9.59 Å². The molecule has 0 radical (unpaired) electrons. The van der Waals surface area contributed by atoms with Gasteiger partial charge in [0.1, 0.15) is 0 Å². The highest BCUT2D eigenvalue weighted by molar-refractivity contribution is 6.13. The number of carbonyl (C=O) groups excluding carboxylic acids is 11. The van der Waals surface area contributed by atoms with Crippen LogP contribution in [0, 0.1) is 0 Å². The van der Waals surface area contributed by atoms with Crippen LogP contribution in [0.2, 0.25) is 0 Å². The lowest BCUT2D eigenvalue weighted by atomic mass is 10.1. The molecule has 338 valence electrons. The van der Waals surface area contributed by atoms with Crippen LogP contribution < -0.4 is 37.2 Å². The Labute approximate surface area is 352 Å². The van der Waals surface area contributed by atoms with Crippen LogP contribution in [0.4, 0.5) is 9.59 Å². The summed E-state index contributed by atoms with van der Waals surface area (Å²) < 4.78 is 16.1. The van der Waals surface area contributed by atoms with E-state index in [1.807, 2.05) is 0 Å². The van der Waals surface area contributed by atoms with Crippen LogP contribution in [0.15, 0.2) is 24.3 Å². The first-order valence-electron chi connectivity index (χ1n) is 20.1. The summed E-state index contributed by atoms with van der Waals surface area (Å²) in [5, 5.41) is 18.1. The number of alkyl carbamates (subject to hydrolysis) is 2. The Morgan fingerprint density at radius 2 is 0.918 bits per heavy atom. The van der Waals surface area contributed by atoms with Crippen molar-refractivity contribution in [1.82, 2.24) is 47.0 Å². The molecule has 0 unspecified atom stereocenters. The van der Waals surface area contributed by atoms with E-state index in [1.165, 1.54) is 0 Å². The summed E-state index contributed by atoms with van der Waals surface area (Å²) in [5.41, 5.74) is 0. The lowest BCUT2D eigenvalue weighted by Gasteiger charge is -2.20. The Hall–Kier alpha value is -6.39. The molecule has 11 amide bonds. The van der Waals surface area contributed by atoms with Crippen molar-refractivity contribution in [3.63, 3.8) is 0 Å². The molecule has 0 aromatic carbocycles. The van der Waals surface area contributed by atoms with E-state index < -0.39 is 77.5 Å². The number of imide groups is 2. The van der Waals surface area contributed by atoms with Gasteiger partial charge in [0, 0.05) is 134 Å². The molecular formula is C38H57N9O14. The van der Waals surface area contributed by atoms with Crippen LogP contribution >= 0.6 is 0 Å². The zero-order valence-corrected chi connectivity index (χ0v) is 34.5. The van der Waals surface area contributed by atoms with E-state index in [0.717, 1.165) is 34.1 Å². The highest BCUT2D eigenvalue weighted by atomic mass is 16.6. The van der Waals surface area contributed by atoms with Crippen molar-refractivity contribution in [2.24, 2.45) is 0 Å². The van der Waals surface area contributed by atoms with E-state index in [0.29, 0.717) is 25.9 Å². The van der Waals surface area contributed by atoms with Crippen molar-refractivity contribution >= 4 is 65.4 Å². The molecule has 23 nitrogen and oxygen atoms in total. The van der Waals surface area contributed by atoms with Crippen LogP contribution in [-0.2, 0) is 57.4 Å². The number of hydrogen-bond donors (Lipinski definition) is 7. The summed E-state index contributed by atoms with van der Waals surface area (Å²) in [4.78, 5) is 135. The normalized spacial score (nSPS) is 13.1. The Morgan fingerprint density at radius 3 is 1.31 bits per heavy atom. The number of nitrogens with one attached hydrogen (secondary N) is 7. The molecule has 23 heteroatoms. The largest absolute Gasteiger partial charge is 0.449 e. The van der Waals surface area contributed by atoms with Gasteiger partial charge in [0.15, 0.2) is 0 Å². The second-order valence-electron chi connectivity index (χ2n) is 13.4. The van der Waals surface area contributed by atoms with Crippen LogP contribution in [0.1, 0.15) is 65.2 Å². The first-order valence-corrected chi connectivity index (χ1v) is 20.1. The van der Waals surface area contributed by atoms with Gasteiger partial charge >= 0.3 is 12.2 Å². The quantitative estimate of drug-likeness (QED) is 0.0298. The van der Waals surface area contributed by atoms with Crippen molar-refractivity contribution in [1.29, 1.82) is 0 Å². The fraction of sp³-hybridized carbons (Fsp3) is 0.605. The van der Waals surface area contributed by atoms with Crippen LogP contribution in [0.25, 0.3) is 0 Å². The molecular weight excluding hydrogens is 806 g/mol. The minimum atomic E-state index is -0.962. The average molecular weight is 864 g/mol. The van der Waals surface area contributed by atoms with Gasteiger partial charge in [-0.2, -0.15) is 0 Å². The summed E-state index contributed by atoms with van der Waals surface area (Å²) in [5.74, 6) is -4.52. The molecule has 0 bridgehead atoms. The maximum atomic E-state index is 13.0. The monoisotopic (exact) mass is 863 g/mol. The predicted molar refractivity (Wildman–Crippen MR) is 212 cm³/mol. The topological polar surface area (TPSA) is 306 Å². The number of carbonyl (C=O) groups is 11. The molecule has 0 saturated heterocycles. The van der Waals surface area contributed by atoms with Crippen molar-refractivity contribution < 1.29 is 67.0 Å². The van der Waals surface area contributed by atoms with Crippen LogP contribution in [0.5, 0.6) is 0 Å². The zero-order valence-electron chi connectivity index (χ0n) is 34.5. The molecule has 0 saturated carbocycles. The van der Waals surface area contributed by atoms with Gasteiger partial charge < -0.3 is 51.4 Å². The van der Waals surface area contributed by atoms with E-state index in [2.05, 4.69) is 37.2 Å². The second kappa shape index (κ2) is 28.9. The molecule has 0 atom stereocenters. The SMILES string of the molecule is CCNC(=O)OCCC(CCOC(=O)NCC)OCCCC(=O)NC(CC(=O)NCCNC(=O)CCN1C(=O)C=CC1=O)CC(=O)NCCNC(=O)CCN1C(=O)C=CC1=O. The second-order valence-corrected chi connectivity index (χ2v) is 13.4. The number of nitrogens with zero attached hydrogens (tertiary/aromatic N) is 2. The standard InChI is InChI=1S/C38H57N9O14/c1-3-39-37(57)60-22-13-27(14-23-61-38(58)40-4-2)59-21-5-6-30(50)45-26(24-31(51)43-17-15-41-28(48)11-19-46-33(53)7-8-34(46)54)25-32(52)44-18-16-42-29(49)12-20-47-35(55)9-10-36(47)56/h7-10,26-27H,3-6,11-25H2,1-2H3,(H,39,57)(H,40,58)(H,41,48)(H,42,49)(H,43,51)(H,44,52)(H,45,50).